The molecule has 53 heavy (non-hydrogen) atoms. The zero-order valence-electron chi connectivity index (χ0n) is 30.9. The Kier molecular flexibility index (Phi) is 10.6. The van der Waals surface area contributed by atoms with Crippen LogP contribution in [0.4, 0.5) is 11.4 Å². The first kappa shape index (κ1) is 34.8. The van der Waals surface area contributed by atoms with Gasteiger partial charge in [-0.3, -0.25) is 0 Å². The van der Waals surface area contributed by atoms with Crippen molar-refractivity contribution in [1.29, 1.82) is 0 Å². The molecule has 3 aliphatic rings. The van der Waals surface area contributed by atoms with E-state index in [1.54, 1.807) is 0 Å². The third kappa shape index (κ3) is 8.22. The number of benzene rings is 5. The summed E-state index contributed by atoms with van der Waals surface area (Å²) >= 11 is 0. The van der Waals surface area contributed by atoms with Gasteiger partial charge in [0.25, 0.3) is 0 Å². The topological polar surface area (TPSA) is 3.24 Å². The lowest BCUT2D eigenvalue weighted by molar-refractivity contribution is 0.852. The van der Waals surface area contributed by atoms with Crippen molar-refractivity contribution in [2.75, 3.05) is 4.90 Å². The Balaban J connectivity index is 1.08. The Hall–Kier alpha value is -5.23. The Morgan fingerprint density at radius 2 is 1.47 bits per heavy atom. The molecule has 0 aliphatic heterocycles. The van der Waals surface area contributed by atoms with E-state index in [-0.39, 0.29) is 0 Å². The molecule has 5 aromatic rings. The highest BCUT2D eigenvalue weighted by Gasteiger charge is 2.19. The summed E-state index contributed by atoms with van der Waals surface area (Å²) in [5.74, 6) is 0.469. The highest BCUT2D eigenvalue weighted by atomic mass is 31.1. The first-order valence-corrected chi connectivity index (χ1v) is 20.2. The summed E-state index contributed by atoms with van der Waals surface area (Å²) in [7, 11) is 0.801. The Bertz CT molecular complexity index is 2240. The fraction of sp³-hybridized carbons (Fsp3) is 0.176. The predicted molar refractivity (Wildman–Crippen MR) is 231 cm³/mol. The van der Waals surface area contributed by atoms with Gasteiger partial charge in [0.2, 0.25) is 0 Å². The third-order valence-electron chi connectivity index (χ3n) is 10.8. The minimum Gasteiger partial charge on any atom is -0.311 e. The fourth-order valence-electron chi connectivity index (χ4n) is 7.73. The van der Waals surface area contributed by atoms with Crippen LogP contribution in [-0.4, -0.2) is 5.66 Å². The van der Waals surface area contributed by atoms with Gasteiger partial charge in [0, 0.05) is 28.6 Å². The maximum atomic E-state index is 2.44. The number of hydrogen-bond donors (Lipinski definition) is 0. The second-order valence-electron chi connectivity index (χ2n) is 14.6. The number of nitrogens with zero attached hydrogens (tertiary/aromatic N) is 1. The molecule has 3 unspecified atom stereocenters. The number of hydrogen-bond acceptors (Lipinski definition) is 1. The Morgan fingerprint density at radius 3 is 2.19 bits per heavy atom. The van der Waals surface area contributed by atoms with Gasteiger partial charge >= 0.3 is 0 Å². The lowest BCUT2D eigenvalue weighted by Crippen LogP contribution is -2.16. The number of aryl methyl sites for hydroxylation is 2. The molecule has 0 amide bonds. The van der Waals surface area contributed by atoms with E-state index in [4.69, 9.17) is 0 Å². The van der Waals surface area contributed by atoms with E-state index in [0.29, 0.717) is 11.6 Å². The largest absolute Gasteiger partial charge is 0.311 e. The molecule has 0 aromatic heterocycles. The number of anilines is 2. The van der Waals surface area contributed by atoms with Crippen LogP contribution < -0.4 is 10.2 Å². The van der Waals surface area contributed by atoms with E-state index in [0.717, 1.165) is 40.7 Å². The average molecular weight is 706 g/mol. The van der Waals surface area contributed by atoms with Crippen molar-refractivity contribution in [2.45, 2.75) is 57.5 Å². The van der Waals surface area contributed by atoms with Gasteiger partial charge in [-0.05, 0) is 126 Å². The van der Waals surface area contributed by atoms with Crippen molar-refractivity contribution in [3.8, 4) is 11.1 Å². The van der Waals surface area contributed by atoms with E-state index in [1.165, 1.54) is 72.5 Å². The average Bonchev–Trinajstić information content (AvgIpc) is 3.21. The quantitative estimate of drug-likeness (QED) is 0.131. The van der Waals surface area contributed by atoms with Gasteiger partial charge in [-0.15, -0.1) is 0 Å². The first-order valence-electron chi connectivity index (χ1n) is 19.2. The van der Waals surface area contributed by atoms with Gasteiger partial charge in [0.05, 0.1) is 0 Å². The van der Waals surface area contributed by atoms with Crippen LogP contribution >= 0.6 is 8.58 Å². The van der Waals surface area contributed by atoms with Crippen LogP contribution in [0.3, 0.4) is 0 Å². The van der Waals surface area contributed by atoms with Gasteiger partial charge in [-0.2, -0.15) is 0 Å². The molecule has 0 heterocycles. The molecule has 0 bridgehead atoms. The van der Waals surface area contributed by atoms with Crippen LogP contribution in [0, 0.1) is 13.8 Å². The maximum absolute atomic E-state index is 2.44. The molecule has 0 saturated carbocycles. The van der Waals surface area contributed by atoms with E-state index < -0.39 is 0 Å². The molecule has 1 nitrogen and oxygen atoms in total. The van der Waals surface area contributed by atoms with E-state index in [9.17, 15) is 0 Å². The lowest BCUT2D eigenvalue weighted by atomic mass is 9.89. The molecule has 3 aliphatic carbocycles. The van der Waals surface area contributed by atoms with Gasteiger partial charge in [-0.25, -0.2) is 0 Å². The SMILES string of the molecule is Cc1ccc(PC2C=CC(c3ccc(N(C4=CCCC=C4)c4ccc(Cc5ccc(C6C=CC=CC6)cc5)c(-c5ccccc5C)c4)cc3)=CC2)cc1. The smallest absolute Gasteiger partial charge is 0.0467 e. The van der Waals surface area contributed by atoms with Crippen LogP contribution in [0.2, 0.25) is 0 Å². The van der Waals surface area contributed by atoms with Crippen LogP contribution in [-0.2, 0) is 6.42 Å². The molecule has 0 N–H and O–H groups in total. The molecule has 2 heteroatoms. The highest BCUT2D eigenvalue weighted by Crippen LogP contribution is 2.39. The molecular formula is C51H48NP. The van der Waals surface area contributed by atoms with Crippen LogP contribution in [0.25, 0.3) is 16.7 Å². The Morgan fingerprint density at radius 1 is 0.660 bits per heavy atom. The normalized spacial score (nSPS) is 18.0. The van der Waals surface area contributed by atoms with Crippen molar-refractivity contribution in [1.82, 2.24) is 0 Å². The van der Waals surface area contributed by atoms with Gasteiger partial charge in [0.15, 0.2) is 0 Å². The van der Waals surface area contributed by atoms with Crippen LogP contribution in [0.1, 0.15) is 65.0 Å². The molecule has 8 rings (SSSR count). The standard InChI is InChI=1S/C51H48NP/c1-37-17-31-48(32-18-37)53-49-33-26-43(27-34-49)42-23-28-46(29-24-42)52(45-14-7-4-8-15-45)47-30-25-44(51(36-47)50-16-10-9-11-38(50)2)35-39-19-21-41(22-20-39)40-12-5-3-6-13-40/h3,5-7,9-12,14-33,36,40,49,53H,4,8,13,34-35H2,1-2H3. The summed E-state index contributed by atoms with van der Waals surface area (Å²) in [6.45, 7) is 4.39. The fourth-order valence-corrected chi connectivity index (χ4v) is 8.95. The Labute approximate surface area is 318 Å². The monoisotopic (exact) mass is 705 g/mol. The summed E-state index contributed by atoms with van der Waals surface area (Å²) in [5, 5.41) is 1.44. The molecule has 0 radical (unpaired) electrons. The third-order valence-corrected chi connectivity index (χ3v) is 12.2. The van der Waals surface area contributed by atoms with E-state index >= 15 is 0 Å². The van der Waals surface area contributed by atoms with E-state index in [2.05, 4.69) is 195 Å². The summed E-state index contributed by atoms with van der Waals surface area (Å²) in [4.78, 5) is 2.44. The molecule has 0 spiro atoms. The van der Waals surface area contributed by atoms with Gasteiger partial charge < -0.3 is 4.90 Å². The minimum absolute atomic E-state index is 0.469. The number of allylic oxidation sites excluding steroid dienone is 11. The molecule has 0 saturated heterocycles. The first-order chi connectivity index (χ1) is 26.1. The zero-order valence-corrected chi connectivity index (χ0v) is 31.9. The molecule has 3 atom stereocenters. The number of rotatable bonds is 10. The van der Waals surface area contributed by atoms with Crippen molar-refractivity contribution >= 4 is 30.8 Å². The van der Waals surface area contributed by atoms with Crippen molar-refractivity contribution in [3.05, 3.63) is 215 Å². The zero-order chi connectivity index (χ0) is 36.0. The predicted octanol–water partition coefficient (Wildman–Crippen LogP) is 13.2. The molecule has 5 aromatic carbocycles. The summed E-state index contributed by atoms with van der Waals surface area (Å²) in [6, 6.07) is 43.4. The summed E-state index contributed by atoms with van der Waals surface area (Å²) in [5.41, 5.74) is 16.0. The van der Waals surface area contributed by atoms with Gasteiger partial charge in [-0.1, -0.05) is 160 Å². The van der Waals surface area contributed by atoms with Crippen molar-refractivity contribution < 1.29 is 0 Å². The van der Waals surface area contributed by atoms with E-state index in [1.807, 2.05) is 0 Å². The van der Waals surface area contributed by atoms with Crippen molar-refractivity contribution in [3.63, 3.8) is 0 Å². The summed E-state index contributed by atoms with van der Waals surface area (Å²) in [6.07, 6.45) is 28.2. The molecule has 0 fully saturated rings. The summed E-state index contributed by atoms with van der Waals surface area (Å²) < 4.78 is 0. The van der Waals surface area contributed by atoms with Gasteiger partial charge in [0.1, 0.15) is 0 Å². The second-order valence-corrected chi connectivity index (χ2v) is 16.2. The second kappa shape index (κ2) is 16.2. The van der Waals surface area contributed by atoms with Crippen molar-refractivity contribution in [2.24, 2.45) is 0 Å². The lowest BCUT2D eigenvalue weighted by Gasteiger charge is -2.29. The van der Waals surface area contributed by atoms with Crippen LogP contribution in [0.15, 0.2) is 182 Å². The molecular weight excluding hydrogens is 658 g/mol. The van der Waals surface area contributed by atoms with Crippen LogP contribution in [0.5, 0.6) is 0 Å². The highest BCUT2D eigenvalue weighted by molar-refractivity contribution is 7.48. The maximum Gasteiger partial charge on any atom is 0.0467 e. The minimum atomic E-state index is 0.469. The molecule has 262 valence electrons.